The summed E-state index contributed by atoms with van der Waals surface area (Å²) in [6.07, 6.45) is 0.0552. The molecule has 1 saturated heterocycles. The lowest BCUT2D eigenvalue weighted by Gasteiger charge is -2.34. The summed E-state index contributed by atoms with van der Waals surface area (Å²) in [6, 6.07) is -1.36. The van der Waals surface area contributed by atoms with E-state index < -0.39 is 30.0 Å². The number of nitrogens with two attached hydrogens (primary N) is 1. The van der Waals surface area contributed by atoms with E-state index in [4.69, 9.17) is 10.8 Å². The molecule has 5 N–H and O–H groups in total. The van der Waals surface area contributed by atoms with Crippen LogP contribution in [0.2, 0.25) is 0 Å². The van der Waals surface area contributed by atoms with Crippen LogP contribution in [0.15, 0.2) is 0 Å². The normalized spacial score (nSPS) is 22.5. The van der Waals surface area contributed by atoms with E-state index in [9.17, 15) is 14.4 Å². The minimum Gasteiger partial charge on any atom is -0.384 e. The molecule has 0 bridgehead atoms. The molecule has 3 unspecified atom stereocenters. The third-order valence-corrected chi connectivity index (χ3v) is 2.90. The highest BCUT2D eigenvalue weighted by atomic mass is 16.3. The SMILES string of the molecule is CC(O)C(=O)NC(C)C(=O)N1CCCC(C(N)=O)N1. The highest BCUT2D eigenvalue weighted by Crippen LogP contribution is 2.08. The lowest BCUT2D eigenvalue weighted by atomic mass is 10.1. The minimum atomic E-state index is -1.18. The van der Waals surface area contributed by atoms with Crippen molar-refractivity contribution in [3.63, 3.8) is 0 Å². The maximum atomic E-state index is 12.0. The first kappa shape index (κ1) is 15.4. The molecule has 3 atom stereocenters. The average Bonchev–Trinajstić information content (AvgIpc) is 2.37. The van der Waals surface area contributed by atoms with Gasteiger partial charge >= 0.3 is 0 Å². The van der Waals surface area contributed by atoms with Crippen LogP contribution in [0.1, 0.15) is 26.7 Å². The van der Waals surface area contributed by atoms with Crippen molar-refractivity contribution in [3.8, 4) is 0 Å². The summed E-state index contributed by atoms with van der Waals surface area (Å²) >= 11 is 0. The molecule has 19 heavy (non-hydrogen) atoms. The largest absolute Gasteiger partial charge is 0.384 e. The van der Waals surface area contributed by atoms with Gasteiger partial charge in [-0.05, 0) is 26.7 Å². The van der Waals surface area contributed by atoms with Crippen molar-refractivity contribution in [1.29, 1.82) is 0 Å². The Bertz CT molecular complexity index is 372. The summed E-state index contributed by atoms with van der Waals surface area (Å²) in [5.74, 6) is -1.51. The number of hydrogen-bond donors (Lipinski definition) is 4. The Hall–Kier alpha value is -1.67. The Balaban J connectivity index is 2.56. The van der Waals surface area contributed by atoms with Gasteiger partial charge in [0, 0.05) is 6.54 Å². The second-order valence-electron chi connectivity index (χ2n) is 4.62. The van der Waals surface area contributed by atoms with E-state index in [0.29, 0.717) is 19.4 Å². The fraction of sp³-hybridized carbons (Fsp3) is 0.727. The Morgan fingerprint density at radius 1 is 1.42 bits per heavy atom. The van der Waals surface area contributed by atoms with Gasteiger partial charge in [-0.1, -0.05) is 0 Å². The van der Waals surface area contributed by atoms with Crippen LogP contribution in [0, 0.1) is 0 Å². The van der Waals surface area contributed by atoms with Crippen LogP contribution in [-0.2, 0) is 14.4 Å². The average molecular weight is 272 g/mol. The summed E-state index contributed by atoms with van der Waals surface area (Å²) in [5.41, 5.74) is 7.92. The first-order chi connectivity index (χ1) is 8.82. The molecule has 108 valence electrons. The van der Waals surface area contributed by atoms with Gasteiger partial charge in [-0.15, -0.1) is 0 Å². The zero-order valence-corrected chi connectivity index (χ0v) is 11.0. The maximum absolute atomic E-state index is 12.0. The van der Waals surface area contributed by atoms with Crippen LogP contribution >= 0.6 is 0 Å². The molecule has 8 heteroatoms. The number of hydrazine groups is 1. The molecule has 1 heterocycles. The van der Waals surface area contributed by atoms with Gasteiger partial charge < -0.3 is 16.2 Å². The molecule has 0 aromatic rings. The van der Waals surface area contributed by atoms with Gasteiger partial charge in [0.15, 0.2) is 0 Å². The molecule has 0 aliphatic carbocycles. The highest BCUT2D eigenvalue weighted by Gasteiger charge is 2.29. The molecule has 0 aromatic carbocycles. The number of amides is 3. The van der Waals surface area contributed by atoms with Gasteiger partial charge in [0.1, 0.15) is 18.2 Å². The fourth-order valence-corrected chi connectivity index (χ4v) is 1.78. The van der Waals surface area contributed by atoms with Gasteiger partial charge in [-0.2, -0.15) is 0 Å². The standard InChI is InChI=1S/C11H20N4O4/c1-6(13-10(18)7(2)16)11(19)15-5-3-4-8(14-15)9(12)17/h6-8,14,16H,3-5H2,1-2H3,(H2,12,17)(H,13,18). The zero-order chi connectivity index (χ0) is 14.6. The van der Waals surface area contributed by atoms with Crippen molar-refractivity contribution in [2.75, 3.05) is 6.54 Å². The van der Waals surface area contributed by atoms with Gasteiger partial charge in [0.2, 0.25) is 11.8 Å². The van der Waals surface area contributed by atoms with Crippen molar-refractivity contribution in [1.82, 2.24) is 15.8 Å². The Labute approximate surface area is 111 Å². The second kappa shape index (κ2) is 6.48. The predicted molar refractivity (Wildman–Crippen MR) is 66.4 cm³/mol. The zero-order valence-electron chi connectivity index (χ0n) is 11.0. The smallest absolute Gasteiger partial charge is 0.258 e. The van der Waals surface area contributed by atoms with Gasteiger partial charge in [0.25, 0.3) is 5.91 Å². The van der Waals surface area contributed by atoms with E-state index in [2.05, 4.69) is 10.7 Å². The second-order valence-corrected chi connectivity index (χ2v) is 4.62. The van der Waals surface area contributed by atoms with E-state index in [0.717, 1.165) is 0 Å². The van der Waals surface area contributed by atoms with E-state index in [-0.39, 0.29) is 5.91 Å². The molecule has 3 amide bonds. The number of nitrogens with zero attached hydrogens (tertiary/aromatic N) is 1. The van der Waals surface area contributed by atoms with Crippen molar-refractivity contribution >= 4 is 17.7 Å². The van der Waals surface area contributed by atoms with E-state index in [1.54, 1.807) is 0 Å². The van der Waals surface area contributed by atoms with Crippen LogP contribution < -0.4 is 16.5 Å². The van der Waals surface area contributed by atoms with Crippen LogP contribution in [0.3, 0.4) is 0 Å². The molecule has 1 fully saturated rings. The Kier molecular flexibility index (Phi) is 5.25. The third-order valence-electron chi connectivity index (χ3n) is 2.90. The van der Waals surface area contributed by atoms with E-state index in [1.165, 1.54) is 18.9 Å². The molecule has 1 aliphatic heterocycles. The predicted octanol–water partition coefficient (Wildman–Crippen LogP) is -2.15. The van der Waals surface area contributed by atoms with Crippen molar-refractivity contribution in [2.24, 2.45) is 5.73 Å². The van der Waals surface area contributed by atoms with Gasteiger partial charge in [-0.3, -0.25) is 19.4 Å². The molecule has 0 saturated carbocycles. The first-order valence-corrected chi connectivity index (χ1v) is 6.18. The Morgan fingerprint density at radius 2 is 2.05 bits per heavy atom. The number of aliphatic hydroxyl groups is 1. The number of hydrogen-bond acceptors (Lipinski definition) is 5. The fourth-order valence-electron chi connectivity index (χ4n) is 1.78. The number of carbonyl (C=O) groups is 3. The van der Waals surface area contributed by atoms with Crippen LogP contribution in [0.5, 0.6) is 0 Å². The summed E-state index contributed by atoms with van der Waals surface area (Å²) in [4.78, 5) is 34.4. The van der Waals surface area contributed by atoms with Gasteiger partial charge in [0.05, 0.1) is 0 Å². The summed E-state index contributed by atoms with van der Waals surface area (Å²) in [5, 5.41) is 12.7. The molecule has 8 nitrogen and oxygen atoms in total. The van der Waals surface area contributed by atoms with Crippen molar-refractivity contribution in [2.45, 2.75) is 44.9 Å². The topological polar surface area (TPSA) is 125 Å². The molecular formula is C11H20N4O4. The minimum absolute atomic E-state index is 0.375. The summed E-state index contributed by atoms with van der Waals surface area (Å²) in [7, 11) is 0. The van der Waals surface area contributed by atoms with Crippen LogP contribution in [-0.4, -0.2) is 52.6 Å². The molecule has 0 spiro atoms. The van der Waals surface area contributed by atoms with Gasteiger partial charge in [-0.25, -0.2) is 5.43 Å². The quantitative estimate of drug-likeness (QED) is 0.464. The number of rotatable bonds is 4. The van der Waals surface area contributed by atoms with E-state index >= 15 is 0 Å². The first-order valence-electron chi connectivity index (χ1n) is 6.18. The summed E-state index contributed by atoms with van der Waals surface area (Å²) < 4.78 is 0. The summed E-state index contributed by atoms with van der Waals surface area (Å²) in [6.45, 7) is 3.27. The van der Waals surface area contributed by atoms with Crippen molar-refractivity contribution < 1.29 is 19.5 Å². The third kappa shape index (κ3) is 4.18. The Morgan fingerprint density at radius 3 is 2.58 bits per heavy atom. The highest BCUT2D eigenvalue weighted by molar-refractivity contribution is 5.89. The van der Waals surface area contributed by atoms with Crippen LogP contribution in [0.25, 0.3) is 0 Å². The maximum Gasteiger partial charge on any atom is 0.258 e. The van der Waals surface area contributed by atoms with Crippen LogP contribution in [0.4, 0.5) is 0 Å². The lowest BCUT2D eigenvalue weighted by Crippen LogP contribution is -2.60. The number of carbonyl (C=O) groups excluding carboxylic acids is 3. The molecular weight excluding hydrogens is 252 g/mol. The number of nitrogens with one attached hydrogen (secondary N) is 2. The molecule has 0 aromatic heterocycles. The lowest BCUT2D eigenvalue weighted by molar-refractivity contribution is -0.143. The molecule has 1 rings (SSSR count). The number of aliphatic hydroxyl groups excluding tert-OH is 1. The number of primary amides is 1. The molecule has 0 radical (unpaired) electrons. The van der Waals surface area contributed by atoms with E-state index in [1.807, 2.05) is 0 Å². The monoisotopic (exact) mass is 272 g/mol. The molecule has 1 aliphatic rings. The van der Waals surface area contributed by atoms with Crippen molar-refractivity contribution in [3.05, 3.63) is 0 Å².